The van der Waals surface area contributed by atoms with Gasteiger partial charge in [0.1, 0.15) is 17.5 Å². The molecule has 2 aromatic rings. The predicted octanol–water partition coefficient (Wildman–Crippen LogP) is 3.78. The lowest BCUT2D eigenvalue weighted by Gasteiger charge is -2.35. The Morgan fingerprint density at radius 3 is 2.58 bits per heavy atom. The summed E-state index contributed by atoms with van der Waals surface area (Å²) >= 11 is 0. The van der Waals surface area contributed by atoms with Crippen LogP contribution in [0.2, 0.25) is 0 Å². The number of hydrogen-bond acceptors (Lipinski definition) is 4. The minimum atomic E-state index is -0.235. The smallest absolute Gasteiger partial charge is 0.166 e. The van der Waals surface area contributed by atoms with E-state index in [0.29, 0.717) is 11.5 Å². The highest BCUT2D eigenvalue weighted by atomic mass is 15.1. The molecule has 122 valence electrons. The number of dihydropyridines is 2. The number of amidine groups is 2. The number of aliphatic imine (C=N–C) groups is 2. The number of benzene rings is 2. The fourth-order valence-corrected chi connectivity index (χ4v) is 3.63. The Bertz CT molecular complexity index is 1130. The van der Waals surface area contributed by atoms with Crippen molar-refractivity contribution in [2.75, 3.05) is 5.32 Å². The average molecular weight is 335 g/mol. The van der Waals surface area contributed by atoms with Gasteiger partial charge in [0.15, 0.2) is 5.84 Å². The molecule has 2 aromatic carbocycles. The van der Waals surface area contributed by atoms with Gasteiger partial charge in [-0.05, 0) is 17.7 Å². The van der Waals surface area contributed by atoms with Gasteiger partial charge in [-0.2, -0.15) is 5.26 Å². The number of nitrogens with one attached hydrogen (secondary N) is 2. The molecule has 5 rings (SSSR count). The average Bonchev–Trinajstić information content (AvgIpc) is 2.68. The molecule has 0 fully saturated rings. The van der Waals surface area contributed by atoms with Crippen LogP contribution in [0, 0.1) is 22.7 Å². The van der Waals surface area contributed by atoms with Crippen molar-refractivity contribution in [2.24, 2.45) is 15.9 Å². The van der Waals surface area contributed by atoms with E-state index < -0.39 is 0 Å². The maximum atomic E-state index is 9.59. The lowest BCUT2D eigenvalue weighted by molar-refractivity contribution is 0.965. The van der Waals surface area contributed by atoms with Gasteiger partial charge in [0, 0.05) is 16.8 Å². The summed E-state index contributed by atoms with van der Waals surface area (Å²) in [5.41, 5.74) is 5.70. The third-order valence-corrected chi connectivity index (χ3v) is 4.80. The first kappa shape index (κ1) is 14.6. The molecule has 3 aliphatic heterocycles. The monoisotopic (exact) mass is 335 g/mol. The molecule has 5 nitrogen and oxygen atoms in total. The summed E-state index contributed by atoms with van der Waals surface area (Å²) in [5.74, 6) is 0.379. The van der Waals surface area contributed by atoms with Gasteiger partial charge in [0.25, 0.3) is 0 Å². The van der Waals surface area contributed by atoms with Crippen LogP contribution in [0.25, 0.3) is 5.57 Å². The number of para-hydroxylation sites is 1. The molecular weight excluding hydrogens is 322 g/mol. The highest BCUT2D eigenvalue weighted by Crippen LogP contribution is 2.44. The number of fused-ring (bicyclic) bond motifs is 2. The van der Waals surface area contributed by atoms with Crippen molar-refractivity contribution in [1.82, 2.24) is 0 Å². The molecule has 3 aliphatic rings. The van der Waals surface area contributed by atoms with Gasteiger partial charge in [-0.15, -0.1) is 0 Å². The Hall–Kier alpha value is -3.78. The van der Waals surface area contributed by atoms with Crippen molar-refractivity contribution in [2.45, 2.75) is 0 Å². The van der Waals surface area contributed by atoms with E-state index in [2.05, 4.69) is 28.5 Å². The molecule has 1 atom stereocenters. The normalized spacial score (nSPS) is 20.0. The highest BCUT2D eigenvalue weighted by Gasteiger charge is 2.40. The van der Waals surface area contributed by atoms with Crippen LogP contribution in [0.3, 0.4) is 0 Å². The zero-order valence-electron chi connectivity index (χ0n) is 13.7. The summed E-state index contributed by atoms with van der Waals surface area (Å²) in [7, 11) is 0. The SMILES string of the molecule is N#CC1=C2N=C(c3ccccc3)C=C3c4ccccc4NC(=NC1=N)C32. The van der Waals surface area contributed by atoms with Crippen molar-refractivity contribution < 1.29 is 0 Å². The lowest BCUT2D eigenvalue weighted by atomic mass is 9.79. The molecule has 5 heteroatoms. The van der Waals surface area contributed by atoms with E-state index in [-0.39, 0.29) is 17.3 Å². The van der Waals surface area contributed by atoms with E-state index >= 15 is 0 Å². The van der Waals surface area contributed by atoms with Crippen LogP contribution in [-0.4, -0.2) is 17.4 Å². The van der Waals surface area contributed by atoms with Gasteiger partial charge in [0.05, 0.1) is 17.3 Å². The van der Waals surface area contributed by atoms with Gasteiger partial charge in [-0.1, -0.05) is 48.5 Å². The molecule has 2 N–H and O–H groups in total. The van der Waals surface area contributed by atoms with Crippen LogP contribution in [-0.2, 0) is 0 Å². The molecule has 0 bridgehead atoms. The largest absolute Gasteiger partial charge is 0.342 e. The molecule has 0 saturated heterocycles. The summed E-state index contributed by atoms with van der Waals surface area (Å²) in [6, 6.07) is 20.0. The van der Waals surface area contributed by atoms with E-state index in [1.165, 1.54) is 0 Å². The van der Waals surface area contributed by atoms with Crippen molar-refractivity contribution in [1.29, 1.82) is 10.7 Å². The number of anilines is 1. The van der Waals surface area contributed by atoms with Crippen LogP contribution in [0.15, 0.2) is 81.9 Å². The number of allylic oxidation sites excluding steroid dienone is 1. The summed E-state index contributed by atoms with van der Waals surface area (Å²) < 4.78 is 0. The number of nitriles is 1. The Balaban J connectivity index is 1.82. The van der Waals surface area contributed by atoms with Crippen LogP contribution >= 0.6 is 0 Å². The Kier molecular flexibility index (Phi) is 3.00. The first-order chi connectivity index (χ1) is 12.8. The Morgan fingerprint density at radius 2 is 1.77 bits per heavy atom. The second-order valence-electron chi connectivity index (χ2n) is 6.28. The van der Waals surface area contributed by atoms with Gasteiger partial charge in [0.2, 0.25) is 0 Å². The molecule has 0 aliphatic carbocycles. The maximum Gasteiger partial charge on any atom is 0.166 e. The molecular formula is C21H13N5. The molecule has 0 radical (unpaired) electrons. The van der Waals surface area contributed by atoms with E-state index in [4.69, 9.17) is 10.4 Å². The van der Waals surface area contributed by atoms with Crippen LogP contribution < -0.4 is 5.32 Å². The van der Waals surface area contributed by atoms with E-state index in [9.17, 15) is 5.26 Å². The van der Waals surface area contributed by atoms with E-state index in [1.54, 1.807) is 0 Å². The summed E-state index contributed by atoms with van der Waals surface area (Å²) in [6.07, 6.45) is 2.07. The fraction of sp³-hybridized carbons (Fsp3) is 0.0476. The summed E-state index contributed by atoms with van der Waals surface area (Å²) in [5, 5.41) is 21.1. The molecule has 0 spiro atoms. The summed E-state index contributed by atoms with van der Waals surface area (Å²) in [4.78, 5) is 9.10. The van der Waals surface area contributed by atoms with Crippen molar-refractivity contribution >= 4 is 28.6 Å². The topological polar surface area (TPSA) is 84.4 Å². The lowest BCUT2D eigenvalue weighted by Crippen LogP contribution is -2.37. The number of rotatable bonds is 1. The minimum absolute atomic E-state index is 0.0435. The second kappa shape index (κ2) is 5.36. The van der Waals surface area contributed by atoms with Gasteiger partial charge < -0.3 is 5.32 Å². The van der Waals surface area contributed by atoms with Crippen molar-refractivity contribution in [3.8, 4) is 6.07 Å². The minimum Gasteiger partial charge on any atom is -0.342 e. The van der Waals surface area contributed by atoms with Crippen molar-refractivity contribution in [3.63, 3.8) is 0 Å². The molecule has 0 aromatic heterocycles. The first-order valence-electron chi connectivity index (χ1n) is 8.30. The maximum absolute atomic E-state index is 9.59. The van der Waals surface area contributed by atoms with Crippen LogP contribution in [0.4, 0.5) is 5.69 Å². The third-order valence-electron chi connectivity index (χ3n) is 4.80. The predicted molar refractivity (Wildman–Crippen MR) is 102 cm³/mol. The molecule has 1 unspecified atom stereocenters. The molecule has 26 heavy (non-hydrogen) atoms. The summed E-state index contributed by atoms with van der Waals surface area (Å²) in [6.45, 7) is 0. The van der Waals surface area contributed by atoms with Crippen LogP contribution in [0.1, 0.15) is 11.1 Å². The zero-order chi connectivity index (χ0) is 17.7. The fourth-order valence-electron chi connectivity index (χ4n) is 3.63. The van der Waals surface area contributed by atoms with Gasteiger partial charge in [-0.25, -0.2) is 4.99 Å². The zero-order valence-corrected chi connectivity index (χ0v) is 13.7. The van der Waals surface area contributed by atoms with Gasteiger partial charge >= 0.3 is 0 Å². The first-order valence-corrected chi connectivity index (χ1v) is 8.30. The van der Waals surface area contributed by atoms with Crippen molar-refractivity contribution in [3.05, 3.63) is 83.1 Å². The Morgan fingerprint density at radius 1 is 1.00 bits per heavy atom. The Labute approximate surface area is 150 Å². The molecule has 0 amide bonds. The molecule has 3 heterocycles. The van der Waals surface area contributed by atoms with Crippen LogP contribution in [0.5, 0.6) is 0 Å². The number of nitrogens with zero attached hydrogens (tertiary/aromatic N) is 3. The van der Waals surface area contributed by atoms with Gasteiger partial charge in [-0.3, -0.25) is 10.4 Å². The van der Waals surface area contributed by atoms with E-state index in [0.717, 1.165) is 28.1 Å². The van der Waals surface area contributed by atoms with E-state index in [1.807, 2.05) is 48.5 Å². The highest BCUT2D eigenvalue weighted by molar-refractivity contribution is 6.26. The third kappa shape index (κ3) is 1.99. The second-order valence-corrected chi connectivity index (χ2v) is 6.28. The number of hydrogen-bond donors (Lipinski definition) is 2. The quantitative estimate of drug-likeness (QED) is 0.831. The standard InChI is InChI=1S/C21H13N5/c22-11-15-19-18-14(10-17(24-19)12-6-2-1-3-7-12)13-8-4-5-9-16(13)25-21(18)26-20(15)23/h1-10,18H,(H2,23,25,26). The molecule has 0 saturated carbocycles.